The molecule has 2 N–H and O–H groups in total. The Balaban J connectivity index is 1.92. The van der Waals surface area contributed by atoms with Gasteiger partial charge in [0.05, 0.1) is 11.1 Å². The molecule has 1 atom stereocenters. The molecule has 0 saturated carbocycles. The van der Waals surface area contributed by atoms with E-state index in [0.29, 0.717) is 28.0 Å². The lowest BCUT2D eigenvalue weighted by molar-refractivity contribution is -0.118. The SMILES string of the molecule is C/C(N)=C1\C=CC=C1C(=O)C(C)N1C(=O)c2ccccc2C1=O. The minimum atomic E-state index is -0.886. The molecule has 0 fully saturated rings. The van der Waals surface area contributed by atoms with Gasteiger partial charge in [-0.15, -0.1) is 0 Å². The summed E-state index contributed by atoms with van der Waals surface area (Å²) in [7, 11) is 0. The second-order valence-corrected chi connectivity index (χ2v) is 5.60. The van der Waals surface area contributed by atoms with Crippen LogP contribution in [-0.4, -0.2) is 28.5 Å². The summed E-state index contributed by atoms with van der Waals surface area (Å²) >= 11 is 0. The zero-order valence-corrected chi connectivity index (χ0v) is 12.9. The maximum absolute atomic E-state index is 12.7. The Bertz CT molecular complexity index is 791. The molecule has 5 heteroatoms. The van der Waals surface area contributed by atoms with Crippen LogP contribution < -0.4 is 5.73 Å². The normalized spacial score (nSPS) is 19.7. The molecule has 116 valence electrons. The second kappa shape index (κ2) is 5.35. The zero-order valence-electron chi connectivity index (χ0n) is 12.9. The van der Waals surface area contributed by atoms with Gasteiger partial charge in [-0.2, -0.15) is 0 Å². The van der Waals surface area contributed by atoms with Crippen molar-refractivity contribution < 1.29 is 14.4 Å². The third kappa shape index (κ3) is 2.21. The van der Waals surface area contributed by atoms with E-state index in [-0.39, 0.29) is 5.78 Å². The van der Waals surface area contributed by atoms with Crippen LogP contribution in [0.2, 0.25) is 0 Å². The number of nitrogens with two attached hydrogens (primary N) is 1. The first-order valence-electron chi connectivity index (χ1n) is 7.29. The fraction of sp³-hybridized carbons (Fsp3) is 0.167. The van der Waals surface area contributed by atoms with E-state index in [1.165, 1.54) is 0 Å². The lowest BCUT2D eigenvalue weighted by atomic mass is 9.98. The number of hydrogen-bond acceptors (Lipinski definition) is 4. The van der Waals surface area contributed by atoms with Crippen molar-refractivity contribution in [3.8, 4) is 0 Å². The minimum Gasteiger partial charge on any atom is -0.402 e. The fourth-order valence-corrected chi connectivity index (χ4v) is 2.88. The molecule has 2 amide bonds. The van der Waals surface area contributed by atoms with Gasteiger partial charge in [0.25, 0.3) is 11.8 Å². The molecular weight excluding hydrogens is 292 g/mol. The molecule has 1 aromatic rings. The van der Waals surface area contributed by atoms with Crippen LogP contribution in [0.1, 0.15) is 34.6 Å². The molecule has 0 radical (unpaired) electrons. The molecule has 3 rings (SSSR count). The highest BCUT2D eigenvalue weighted by Crippen LogP contribution is 2.28. The summed E-state index contributed by atoms with van der Waals surface area (Å²) in [5, 5.41) is 0. The van der Waals surface area contributed by atoms with Crippen LogP contribution in [0.25, 0.3) is 0 Å². The Morgan fingerprint density at radius 3 is 2.22 bits per heavy atom. The number of imide groups is 1. The lowest BCUT2D eigenvalue weighted by Gasteiger charge is -2.22. The van der Waals surface area contributed by atoms with Crippen LogP contribution in [0.5, 0.6) is 0 Å². The zero-order chi connectivity index (χ0) is 16.7. The maximum Gasteiger partial charge on any atom is 0.262 e. The number of Topliss-reactive ketones (excluding diaryl/α,β-unsaturated/α-hetero) is 1. The maximum atomic E-state index is 12.7. The van der Waals surface area contributed by atoms with Crippen molar-refractivity contribution in [3.63, 3.8) is 0 Å². The van der Waals surface area contributed by atoms with Gasteiger partial charge in [-0.05, 0) is 26.0 Å². The summed E-state index contributed by atoms with van der Waals surface area (Å²) in [6.07, 6.45) is 5.13. The number of fused-ring (bicyclic) bond motifs is 1. The highest BCUT2D eigenvalue weighted by molar-refractivity contribution is 6.24. The van der Waals surface area contributed by atoms with E-state index >= 15 is 0 Å². The molecule has 0 saturated heterocycles. The highest BCUT2D eigenvalue weighted by atomic mass is 16.2. The lowest BCUT2D eigenvalue weighted by Crippen LogP contribution is -2.43. The van der Waals surface area contributed by atoms with Crippen molar-refractivity contribution in [3.05, 3.63) is 70.5 Å². The Labute approximate surface area is 133 Å². The highest BCUT2D eigenvalue weighted by Gasteiger charge is 2.41. The fourth-order valence-electron chi connectivity index (χ4n) is 2.88. The van der Waals surface area contributed by atoms with Crippen LogP contribution >= 0.6 is 0 Å². The Kier molecular flexibility index (Phi) is 3.48. The number of amides is 2. The molecule has 1 aliphatic carbocycles. The van der Waals surface area contributed by atoms with E-state index in [2.05, 4.69) is 0 Å². The summed E-state index contributed by atoms with van der Waals surface area (Å²) in [5.41, 5.74) is 8.04. The van der Waals surface area contributed by atoms with E-state index in [9.17, 15) is 14.4 Å². The molecule has 0 aromatic heterocycles. The average Bonchev–Trinajstić information content (AvgIpc) is 3.11. The van der Waals surface area contributed by atoms with Crippen molar-refractivity contribution in [2.24, 2.45) is 5.73 Å². The summed E-state index contributed by atoms with van der Waals surface area (Å²) in [6, 6.07) is 5.70. The topological polar surface area (TPSA) is 80.5 Å². The second-order valence-electron chi connectivity index (χ2n) is 5.60. The molecule has 23 heavy (non-hydrogen) atoms. The quantitative estimate of drug-likeness (QED) is 0.866. The molecule has 1 aliphatic heterocycles. The van der Waals surface area contributed by atoms with E-state index in [1.807, 2.05) is 0 Å². The Morgan fingerprint density at radius 2 is 1.70 bits per heavy atom. The van der Waals surface area contributed by atoms with Gasteiger partial charge in [0.2, 0.25) is 0 Å². The molecular formula is C18H16N2O3. The monoisotopic (exact) mass is 308 g/mol. The van der Waals surface area contributed by atoms with Crippen LogP contribution in [0.15, 0.2) is 59.3 Å². The summed E-state index contributed by atoms with van der Waals surface area (Å²) in [6.45, 7) is 3.27. The van der Waals surface area contributed by atoms with Crippen LogP contribution in [0.4, 0.5) is 0 Å². The van der Waals surface area contributed by atoms with Crippen molar-refractivity contribution in [2.75, 3.05) is 0 Å². The van der Waals surface area contributed by atoms with Crippen LogP contribution in [0.3, 0.4) is 0 Å². The number of nitrogens with zero attached hydrogens (tertiary/aromatic N) is 1. The molecule has 0 bridgehead atoms. The van der Waals surface area contributed by atoms with E-state index in [4.69, 9.17) is 5.73 Å². The van der Waals surface area contributed by atoms with Gasteiger partial charge in [0, 0.05) is 16.8 Å². The number of carbonyl (C=O) groups excluding carboxylic acids is 3. The van der Waals surface area contributed by atoms with E-state index in [1.54, 1.807) is 56.3 Å². The molecule has 5 nitrogen and oxygen atoms in total. The predicted octanol–water partition coefficient (Wildman–Crippen LogP) is 1.97. The number of ketones is 1. The van der Waals surface area contributed by atoms with E-state index < -0.39 is 17.9 Å². The first-order valence-corrected chi connectivity index (χ1v) is 7.29. The van der Waals surface area contributed by atoms with Crippen molar-refractivity contribution in [1.29, 1.82) is 0 Å². The number of carbonyl (C=O) groups is 3. The summed E-state index contributed by atoms with van der Waals surface area (Å²) < 4.78 is 0. The molecule has 1 aromatic carbocycles. The largest absolute Gasteiger partial charge is 0.402 e. The number of allylic oxidation sites excluding steroid dienone is 5. The Morgan fingerprint density at radius 1 is 1.13 bits per heavy atom. The van der Waals surface area contributed by atoms with Gasteiger partial charge < -0.3 is 5.73 Å². The van der Waals surface area contributed by atoms with Crippen LogP contribution in [-0.2, 0) is 4.79 Å². The third-order valence-corrected chi connectivity index (χ3v) is 4.10. The van der Waals surface area contributed by atoms with Crippen molar-refractivity contribution in [1.82, 2.24) is 4.90 Å². The number of rotatable bonds is 3. The standard InChI is InChI=1S/C18H16N2O3/c1-10(19)12-8-5-9-13(12)16(21)11(2)20-17(22)14-6-3-4-7-15(14)18(20)23/h3-9,11H,19H2,1-2H3/b12-10-. The van der Waals surface area contributed by atoms with Gasteiger partial charge in [-0.25, -0.2) is 0 Å². The van der Waals surface area contributed by atoms with Gasteiger partial charge in [0.15, 0.2) is 5.78 Å². The van der Waals surface area contributed by atoms with Crippen molar-refractivity contribution in [2.45, 2.75) is 19.9 Å². The Hall–Kier alpha value is -2.95. The van der Waals surface area contributed by atoms with Gasteiger partial charge in [-0.1, -0.05) is 30.4 Å². The molecule has 1 unspecified atom stereocenters. The number of benzene rings is 1. The van der Waals surface area contributed by atoms with Gasteiger partial charge in [0.1, 0.15) is 6.04 Å². The first kappa shape index (κ1) is 15.0. The third-order valence-electron chi connectivity index (χ3n) is 4.10. The van der Waals surface area contributed by atoms with Gasteiger partial charge >= 0.3 is 0 Å². The first-order chi connectivity index (χ1) is 10.9. The number of hydrogen-bond donors (Lipinski definition) is 1. The van der Waals surface area contributed by atoms with Crippen LogP contribution in [0, 0.1) is 0 Å². The van der Waals surface area contributed by atoms with Crippen molar-refractivity contribution >= 4 is 17.6 Å². The summed E-state index contributed by atoms with van der Waals surface area (Å²) in [4.78, 5) is 38.7. The van der Waals surface area contributed by atoms with Gasteiger partial charge in [-0.3, -0.25) is 19.3 Å². The molecule has 2 aliphatic rings. The average molecular weight is 308 g/mol. The molecule has 1 heterocycles. The molecule has 0 spiro atoms. The minimum absolute atomic E-state index is 0.302. The smallest absolute Gasteiger partial charge is 0.262 e. The van der Waals surface area contributed by atoms with E-state index in [0.717, 1.165) is 4.90 Å². The predicted molar refractivity (Wildman–Crippen MR) is 85.5 cm³/mol. The summed E-state index contributed by atoms with van der Waals surface area (Å²) in [5.74, 6) is -1.18.